The molecule has 3 aromatic rings. The molecule has 0 fully saturated rings. The SMILES string of the molecule is Clc1ccc(-c2n[nH]c(COc3ccc(Br)cc3)n2)cc1. The number of H-pyrrole nitrogens is 1. The minimum Gasteiger partial charge on any atom is -0.486 e. The third kappa shape index (κ3) is 3.62. The normalized spacial score (nSPS) is 10.6. The first-order chi connectivity index (χ1) is 10.2. The lowest BCUT2D eigenvalue weighted by atomic mass is 10.2. The van der Waals surface area contributed by atoms with Crippen LogP contribution in [0.15, 0.2) is 53.0 Å². The van der Waals surface area contributed by atoms with Crippen molar-refractivity contribution in [1.29, 1.82) is 0 Å². The molecule has 0 bridgehead atoms. The van der Waals surface area contributed by atoms with Crippen molar-refractivity contribution in [3.8, 4) is 17.1 Å². The highest BCUT2D eigenvalue weighted by Gasteiger charge is 2.06. The summed E-state index contributed by atoms with van der Waals surface area (Å²) in [5.74, 6) is 2.08. The quantitative estimate of drug-likeness (QED) is 0.743. The summed E-state index contributed by atoms with van der Waals surface area (Å²) in [4.78, 5) is 4.40. The van der Waals surface area contributed by atoms with E-state index in [9.17, 15) is 0 Å². The molecule has 2 aromatic carbocycles. The molecule has 1 heterocycles. The Balaban J connectivity index is 1.67. The van der Waals surface area contributed by atoms with Gasteiger partial charge in [-0.25, -0.2) is 4.98 Å². The Hall–Kier alpha value is -1.85. The fraction of sp³-hybridized carbons (Fsp3) is 0.0667. The predicted octanol–water partition coefficient (Wildman–Crippen LogP) is 4.47. The Labute approximate surface area is 135 Å². The highest BCUT2D eigenvalue weighted by molar-refractivity contribution is 9.10. The summed E-state index contributed by atoms with van der Waals surface area (Å²) in [6.07, 6.45) is 0. The van der Waals surface area contributed by atoms with E-state index in [1.807, 2.05) is 48.5 Å². The van der Waals surface area contributed by atoms with Crippen molar-refractivity contribution in [3.63, 3.8) is 0 Å². The van der Waals surface area contributed by atoms with Gasteiger partial charge in [-0.2, -0.15) is 5.10 Å². The Morgan fingerprint density at radius 1 is 1.05 bits per heavy atom. The highest BCUT2D eigenvalue weighted by Crippen LogP contribution is 2.19. The first kappa shape index (κ1) is 14.1. The lowest BCUT2D eigenvalue weighted by Gasteiger charge is -2.03. The summed E-state index contributed by atoms with van der Waals surface area (Å²) in [5, 5.41) is 7.74. The number of nitrogens with one attached hydrogen (secondary N) is 1. The molecule has 0 saturated carbocycles. The van der Waals surface area contributed by atoms with E-state index in [-0.39, 0.29) is 0 Å². The molecule has 1 N–H and O–H groups in total. The zero-order valence-electron chi connectivity index (χ0n) is 10.9. The van der Waals surface area contributed by atoms with Crippen LogP contribution in [0.25, 0.3) is 11.4 Å². The van der Waals surface area contributed by atoms with Crippen LogP contribution in [-0.4, -0.2) is 15.2 Å². The lowest BCUT2D eigenvalue weighted by Crippen LogP contribution is -1.97. The Kier molecular flexibility index (Phi) is 4.22. The third-order valence-electron chi connectivity index (χ3n) is 2.82. The van der Waals surface area contributed by atoms with E-state index in [1.54, 1.807) is 0 Å². The van der Waals surface area contributed by atoms with Crippen molar-refractivity contribution < 1.29 is 4.74 Å². The first-order valence-corrected chi connectivity index (χ1v) is 7.43. The standard InChI is InChI=1S/C15H11BrClN3O/c16-11-3-7-13(8-4-11)21-9-14-18-15(20-19-14)10-1-5-12(17)6-2-10/h1-8H,9H2,(H,18,19,20). The fourth-order valence-electron chi connectivity index (χ4n) is 1.77. The van der Waals surface area contributed by atoms with E-state index in [1.165, 1.54) is 0 Å². The van der Waals surface area contributed by atoms with Gasteiger partial charge < -0.3 is 4.74 Å². The monoisotopic (exact) mass is 363 g/mol. The number of aromatic amines is 1. The second-order valence-electron chi connectivity index (χ2n) is 4.36. The molecule has 106 valence electrons. The Morgan fingerprint density at radius 3 is 2.48 bits per heavy atom. The van der Waals surface area contributed by atoms with Gasteiger partial charge in [0.2, 0.25) is 0 Å². The van der Waals surface area contributed by atoms with Crippen LogP contribution in [0.1, 0.15) is 5.82 Å². The van der Waals surface area contributed by atoms with Crippen LogP contribution >= 0.6 is 27.5 Å². The van der Waals surface area contributed by atoms with E-state index in [4.69, 9.17) is 16.3 Å². The molecule has 0 radical (unpaired) electrons. The number of rotatable bonds is 4. The summed E-state index contributed by atoms with van der Waals surface area (Å²) in [5.41, 5.74) is 0.908. The molecule has 0 aliphatic carbocycles. The third-order valence-corrected chi connectivity index (χ3v) is 3.60. The van der Waals surface area contributed by atoms with Gasteiger partial charge in [0.15, 0.2) is 11.6 Å². The van der Waals surface area contributed by atoms with Crippen molar-refractivity contribution >= 4 is 27.5 Å². The molecule has 4 nitrogen and oxygen atoms in total. The molecule has 0 amide bonds. The summed E-state index contributed by atoms with van der Waals surface area (Å²) in [6, 6.07) is 15.0. The number of benzene rings is 2. The van der Waals surface area contributed by atoms with Crippen molar-refractivity contribution in [1.82, 2.24) is 15.2 Å². The molecular weight excluding hydrogens is 354 g/mol. The molecule has 1 aromatic heterocycles. The van der Waals surface area contributed by atoms with E-state index in [0.717, 1.165) is 15.8 Å². The molecule has 0 saturated heterocycles. The van der Waals surface area contributed by atoms with Crippen LogP contribution in [0.3, 0.4) is 0 Å². The van der Waals surface area contributed by atoms with E-state index >= 15 is 0 Å². The van der Waals surface area contributed by atoms with E-state index in [2.05, 4.69) is 31.1 Å². The van der Waals surface area contributed by atoms with Gasteiger partial charge >= 0.3 is 0 Å². The number of nitrogens with zero attached hydrogens (tertiary/aromatic N) is 2. The topological polar surface area (TPSA) is 50.8 Å². The summed E-state index contributed by atoms with van der Waals surface area (Å²) < 4.78 is 6.65. The van der Waals surface area contributed by atoms with Gasteiger partial charge in [0.25, 0.3) is 0 Å². The van der Waals surface area contributed by atoms with Gasteiger partial charge in [0.05, 0.1) is 0 Å². The smallest absolute Gasteiger partial charge is 0.181 e. The molecule has 0 spiro atoms. The maximum Gasteiger partial charge on any atom is 0.181 e. The maximum absolute atomic E-state index is 5.86. The van der Waals surface area contributed by atoms with Crippen molar-refractivity contribution in [2.75, 3.05) is 0 Å². The van der Waals surface area contributed by atoms with Gasteiger partial charge in [-0.1, -0.05) is 27.5 Å². The highest BCUT2D eigenvalue weighted by atomic mass is 79.9. The number of hydrogen-bond donors (Lipinski definition) is 1. The molecule has 21 heavy (non-hydrogen) atoms. The van der Waals surface area contributed by atoms with Gasteiger partial charge in [0, 0.05) is 15.1 Å². The van der Waals surface area contributed by atoms with E-state index in [0.29, 0.717) is 23.3 Å². The molecule has 0 aliphatic heterocycles. The van der Waals surface area contributed by atoms with Crippen LogP contribution in [0.4, 0.5) is 0 Å². The van der Waals surface area contributed by atoms with Crippen molar-refractivity contribution in [2.24, 2.45) is 0 Å². The zero-order chi connectivity index (χ0) is 14.7. The van der Waals surface area contributed by atoms with Gasteiger partial charge in [-0.15, -0.1) is 0 Å². The first-order valence-electron chi connectivity index (χ1n) is 6.26. The van der Waals surface area contributed by atoms with Crippen LogP contribution in [0, 0.1) is 0 Å². The summed E-state index contributed by atoms with van der Waals surface area (Å²) in [7, 11) is 0. The molecule has 0 aliphatic rings. The van der Waals surface area contributed by atoms with Crippen molar-refractivity contribution in [3.05, 3.63) is 63.9 Å². The fourth-order valence-corrected chi connectivity index (χ4v) is 2.16. The minimum atomic E-state index is 0.336. The maximum atomic E-state index is 5.86. The molecular formula is C15H11BrClN3O. The number of hydrogen-bond acceptors (Lipinski definition) is 3. The second-order valence-corrected chi connectivity index (χ2v) is 5.71. The predicted molar refractivity (Wildman–Crippen MR) is 85.3 cm³/mol. The summed E-state index contributed by atoms with van der Waals surface area (Å²) >= 11 is 9.24. The minimum absolute atomic E-state index is 0.336. The summed E-state index contributed by atoms with van der Waals surface area (Å²) in [6.45, 7) is 0.336. The molecule has 3 rings (SSSR count). The van der Waals surface area contributed by atoms with Crippen LogP contribution in [0.5, 0.6) is 5.75 Å². The second kappa shape index (κ2) is 6.28. The zero-order valence-corrected chi connectivity index (χ0v) is 13.2. The number of halogens is 2. The lowest BCUT2D eigenvalue weighted by molar-refractivity contribution is 0.296. The van der Waals surface area contributed by atoms with Crippen LogP contribution < -0.4 is 4.74 Å². The largest absolute Gasteiger partial charge is 0.486 e. The van der Waals surface area contributed by atoms with Gasteiger partial charge in [-0.05, 0) is 48.5 Å². The van der Waals surface area contributed by atoms with E-state index < -0.39 is 0 Å². The van der Waals surface area contributed by atoms with Crippen molar-refractivity contribution in [2.45, 2.75) is 6.61 Å². The Morgan fingerprint density at radius 2 is 1.76 bits per heavy atom. The average Bonchev–Trinajstić information content (AvgIpc) is 2.96. The number of ether oxygens (including phenoxy) is 1. The van der Waals surface area contributed by atoms with Crippen LogP contribution in [-0.2, 0) is 6.61 Å². The molecule has 0 atom stereocenters. The number of aromatic nitrogens is 3. The van der Waals surface area contributed by atoms with Crippen LogP contribution in [0.2, 0.25) is 5.02 Å². The average molecular weight is 365 g/mol. The molecule has 0 unspecified atom stereocenters. The Bertz CT molecular complexity index is 725. The van der Waals surface area contributed by atoms with Gasteiger partial charge in [-0.3, -0.25) is 5.10 Å². The van der Waals surface area contributed by atoms with Gasteiger partial charge in [0.1, 0.15) is 12.4 Å². The molecule has 6 heteroatoms.